The standard InChI is InChI=1S/C15H21NO4S/c1-15(9-5-6-10-15)11-16-21(18,19)13-8-4-3-7-12(13)14(17)20-2/h3-4,7-8,16H,5-6,9-11H2,1-2H3. The van der Waals surface area contributed by atoms with Gasteiger partial charge >= 0.3 is 5.97 Å². The molecule has 1 fully saturated rings. The predicted molar refractivity (Wildman–Crippen MR) is 79.5 cm³/mol. The predicted octanol–water partition coefficient (Wildman–Crippen LogP) is 2.33. The van der Waals surface area contributed by atoms with E-state index >= 15 is 0 Å². The first kappa shape index (κ1) is 16.0. The summed E-state index contributed by atoms with van der Waals surface area (Å²) in [6.45, 7) is 2.49. The molecule has 0 atom stereocenters. The Morgan fingerprint density at radius 3 is 2.52 bits per heavy atom. The van der Waals surface area contributed by atoms with Gasteiger partial charge in [0.2, 0.25) is 10.0 Å². The Kier molecular flexibility index (Phi) is 4.68. The van der Waals surface area contributed by atoms with E-state index in [1.165, 1.54) is 19.2 Å². The van der Waals surface area contributed by atoms with Crippen molar-refractivity contribution in [2.24, 2.45) is 5.41 Å². The quantitative estimate of drug-likeness (QED) is 0.847. The van der Waals surface area contributed by atoms with Crippen LogP contribution >= 0.6 is 0 Å². The molecular formula is C15H21NO4S. The van der Waals surface area contributed by atoms with Crippen molar-refractivity contribution in [3.63, 3.8) is 0 Å². The van der Waals surface area contributed by atoms with Gasteiger partial charge in [0.1, 0.15) is 0 Å². The molecule has 0 amide bonds. The van der Waals surface area contributed by atoms with Crippen molar-refractivity contribution >= 4 is 16.0 Å². The zero-order valence-corrected chi connectivity index (χ0v) is 13.2. The minimum atomic E-state index is -3.72. The van der Waals surface area contributed by atoms with Gasteiger partial charge in [-0.05, 0) is 30.4 Å². The molecule has 21 heavy (non-hydrogen) atoms. The van der Waals surface area contributed by atoms with Crippen molar-refractivity contribution in [2.45, 2.75) is 37.5 Å². The maximum absolute atomic E-state index is 12.5. The van der Waals surface area contributed by atoms with E-state index in [-0.39, 0.29) is 15.9 Å². The highest BCUT2D eigenvalue weighted by Gasteiger charge is 2.31. The number of carbonyl (C=O) groups excluding carboxylic acids is 1. The fourth-order valence-corrected chi connectivity index (χ4v) is 4.12. The fraction of sp³-hybridized carbons (Fsp3) is 0.533. The monoisotopic (exact) mass is 311 g/mol. The minimum Gasteiger partial charge on any atom is -0.465 e. The van der Waals surface area contributed by atoms with Crippen LogP contribution in [0.3, 0.4) is 0 Å². The first-order valence-corrected chi connectivity index (χ1v) is 8.53. The molecule has 0 bridgehead atoms. The molecule has 1 saturated carbocycles. The number of esters is 1. The number of nitrogens with one attached hydrogen (secondary N) is 1. The highest BCUT2D eigenvalue weighted by atomic mass is 32.2. The van der Waals surface area contributed by atoms with E-state index in [1.807, 2.05) is 0 Å². The summed E-state index contributed by atoms with van der Waals surface area (Å²) >= 11 is 0. The number of hydrogen-bond acceptors (Lipinski definition) is 4. The van der Waals surface area contributed by atoms with E-state index in [0.717, 1.165) is 25.7 Å². The number of carbonyl (C=O) groups is 1. The van der Waals surface area contributed by atoms with E-state index in [2.05, 4.69) is 16.4 Å². The van der Waals surface area contributed by atoms with Crippen molar-refractivity contribution in [3.8, 4) is 0 Å². The third-order valence-corrected chi connectivity index (χ3v) is 5.54. The van der Waals surface area contributed by atoms with Gasteiger partial charge in [0.25, 0.3) is 0 Å². The van der Waals surface area contributed by atoms with Crippen molar-refractivity contribution in [1.29, 1.82) is 0 Å². The Morgan fingerprint density at radius 2 is 1.90 bits per heavy atom. The lowest BCUT2D eigenvalue weighted by molar-refractivity contribution is 0.0596. The lowest BCUT2D eigenvalue weighted by Gasteiger charge is -2.23. The molecule has 0 aromatic heterocycles. The van der Waals surface area contributed by atoms with Crippen LogP contribution in [0.1, 0.15) is 43.0 Å². The van der Waals surface area contributed by atoms with E-state index in [0.29, 0.717) is 6.54 Å². The van der Waals surface area contributed by atoms with Gasteiger partial charge in [-0.3, -0.25) is 0 Å². The zero-order valence-electron chi connectivity index (χ0n) is 12.4. The average molecular weight is 311 g/mol. The SMILES string of the molecule is COC(=O)c1ccccc1S(=O)(=O)NCC1(C)CCCC1. The molecule has 0 heterocycles. The summed E-state index contributed by atoms with van der Waals surface area (Å²) in [5.74, 6) is -0.650. The van der Waals surface area contributed by atoms with Crippen LogP contribution in [-0.4, -0.2) is 28.0 Å². The first-order valence-electron chi connectivity index (χ1n) is 7.05. The van der Waals surface area contributed by atoms with E-state index < -0.39 is 16.0 Å². The third-order valence-electron chi connectivity index (χ3n) is 4.08. The number of rotatable bonds is 5. The lowest BCUT2D eigenvalue weighted by Crippen LogP contribution is -2.34. The van der Waals surface area contributed by atoms with Gasteiger partial charge in [-0.25, -0.2) is 17.9 Å². The van der Waals surface area contributed by atoms with Gasteiger partial charge in [-0.1, -0.05) is 31.9 Å². The van der Waals surface area contributed by atoms with E-state index in [9.17, 15) is 13.2 Å². The van der Waals surface area contributed by atoms with Gasteiger partial charge in [-0.15, -0.1) is 0 Å². The lowest BCUT2D eigenvalue weighted by atomic mass is 9.89. The topological polar surface area (TPSA) is 72.5 Å². The molecule has 0 unspecified atom stereocenters. The molecule has 1 aliphatic rings. The second-order valence-electron chi connectivity index (χ2n) is 5.83. The molecule has 0 aliphatic heterocycles. The maximum Gasteiger partial charge on any atom is 0.339 e. The fourth-order valence-electron chi connectivity index (χ4n) is 2.73. The van der Waals surface area contributed by atoms with Gasteiger partial charge in [0.05, 0.1) is 17.6 Å². The Hall–Kier alpha value is -1.40. The van der Waals surface area contributed by atoms with Gasteiger partial charge in [-0.2, -0.15) is 0 Å². The second kappa shape index (κ2) is 6.15. The zero-order chi connectivity index (χ0) is 15.5. The Balaban J connectivity index is 2.22. The molecule has 0 spiro atoms. The smallest absolute Gasteiger partial charge is 0.339 e. The molecule has 0 radical (unpaired) electrons. The van der Waals surface area contributed by atoms with Crippen LogP contribution in [-0.2, 0) is 14.8 Å². The molecular weight excluding hydrogens is 290 g/mol. The molecule has 1 N–H and O–H groups in total. The first-order chi connectivity index (χ1) is 9.88. The molecule has 5 nitrogen and oxygen atoms in total. The van der Waals surface area contributed by atoms with Crippen LogP contribution < -0.4 is 4.72 Å². The van der Waals surface area contributed by atoms with Gasteiger partial charge < -0.3 is 4.74 Å². The third kappa shape index (κ3) is 3.63. The molecule has 1 aliphatic carbocycles. The van der Waals surface area contributed by atoms with Crippen LogP contribution in [0, 0.1) is 5.41 Å². The maximum atomic E-state index is 12.5. The minimum absolute atomic E-state index is 0.00722. The Bertz CT molecular complexity index is 618. The normalized spacial score (nSPS) is 17.6. The summed E-state index contributed by atoms with van der Waals surface area (Å²) in [5.41, 5.74) is 0.0665. The Labute approximate surface area is 125 Å². The molecule has 0 saturated heterocycles. The second-order valence-corrected chi connectivity index (χ2v) is 7.57. The molecule has 6 heteroatoms. The number of methoxy groups -OCH3 is 1. The van der Waals surface area contributed by atoms with Crippen LogP contribution in [0.2, 0.25) is 0 Å². The highest BCUT2D eigenvalue weighted by Crippen LogP contribution is 2.37. The summed E-state index contributed by atoms with van der Waals surface area (Å²) in [7, 11) is -2.49. The molecule has 116 valence electrons. The molecule has 2 rings (SSSR count). The van der Waals surface area contributed by atoms with Crippen molar-refractivity contribution in [1.82, 2.24) is 4.72 Å². The summed E-state index contributed by atoms with van der Waals surface area (Å²) in [4.78, 5) is 11.7. The average Bonchev–Trinajstić information content (AvgIpc) is 2.92. The van der Waals surface area contributed by atoms with Crippen LogP contribution in [0.25, 0.3) is 0 Å². The Morgan fingerprint density at radius 1 is 1.29 bits per heavy atom. The van der Waals surface area contributed by atoms with Crippen LogP contribution in [0.5, 0.6) is 0 Å². The number of sulfonamides is 1. The number of benzene rings is 1. The van der Waals surface area contributed by atoms with Crippen molar-refractivity contribution in [2.75, 3.05) is 13.7 Å². The van der Waals surface area contributed by atoms with E-state index in [1.54, 1.807) is 12.1 Å². The van der Waals surface area contributed by atoms with Crippen molar-refractivity contribution in [3.05, 3.63) is 29.8 Å². The summed E-state index contributed by atoms with van der Waals surface area (Å²) in [5, 5.41) is 0. The van der Waals surface area contributed by atoms with E-state index in [4.69, 9.17) is 0 Å². The molecule has 1 aromatic rings. The van der Waals surface area contributed by atoms with Gasteiger partial charge in [0, 0.05) is 6.54 Å². The van der Waals surface area contributed by atoms with Crippen LogP contribution in [0.4, 0.5) is 0 Å². The van der Waals surface area contributed by atoms with Crippen LogP contribution in [0.15, 0.2) is 29.2 Å². The number of ether oxygens (including phenoxy) is 1. The molecule has 1 aromatic carbocycles. The summed E-state index contributed by atoms with van der Waals surface area (Å²) in [6, 6.07) is 6.09. The highest BCUT2D eigenvalue weighted by molar-refractivity contribution is 7.89. The van der Waals surface area contributed by atoms with Gasteiger partial charge in [0.15, 0.2) is 0 Å². The van der Waals surface area contributed by atoms with Crippen molar-refractivity contribution < 1.29 is 17.9 Å². The summed E-state index contributed by atoms with van der Waals surface area (Å²) in [6.07, 6.45) is 4.32. The largest absolute Gasteiger partial charge is 0.465 e. The number of hydrogen-bond donors (Lipinski definition) is 1. The summed E-state index contributed by atoms with van der Waals surface area (Å²) < 4.78 is 32.2.